The maximum absolute atomic E-state index is 12.4. The molecule has 0 spiro atoms. The van der Waals surface area contributed by atoms with E-state index in [4.69, 9.17) is 0 Å². The number of benzene rings is 2. The zero-order valence-corrected chi connectivity index (χ0v) is 13.4. The largest absolute Gasteiger partial charge is 0.348 e. The minimum atomic E-state index is -0.0620. The Balaban J connectivity index is 1.71. The summed E-state index contributed by atoms with van der Waals surface area (Å²) in [5, 5.41) is 11.2. The van der Waals surface area contributed by atoms with E-state index in [-0.39, 0.29) is 18.5 Å². The minimum absolute atomic E-state index is 0.0119. The Morgan fingerprint density at radius 1 is 1.17 bits per heavy atom. The van der Waals surface area contributed by atoms with Gasteiger partial charge in [0.15, 0.2) is 0 Å². The third-order valence-electron chi connectivity index (χ3n) is 3.94. The van der Waals surface area contributed by atoms with Crippen LogP contribution < -0.4 is 5.32 Å². The normalized spacial score (nSPS) is 12.3. The lowest BCUT2D eigenvalue weighted by Gasteiger charge is -2.17. The van der Waals surface area contributed by atoms with Crippen molar-refractivity contribution in [2.75, 3.05) is 0 Å². The summed E-state index contributed by atoms with van der Waals surface area (Å²) in [6.45, 7) is 4.29. The van der Waals surface area contributed by atoms with Crippen molar-refractivity contribution in [1.29, 1.82) is 0 Å². The van der Waals surface area contributed by atoms with Gasteiger partial charge in [-0.25, -0.2) is 4.68 Å². The second-order valence-corrected chi connectivity index (χ2v) is 5.67. The molecule has 0 radical (unpaired) electrons. The van der Waals surface area contributed by atoms with Crippen molar-refractivity contribution in [2.24, 2.45) is 0 Å². The Morgan fingerprint density at radius 2 is 1.91 bits per heavy atom. The van der Waals surface area contributed by atoms with E-state index in [9.17, 15) is 4.79 Å². The number of nitrogens with zero attached hydrogens (tertiary/aromatic N) is 3. The lowest BCUT2D eigenvalue weighted by Crippen LogP contribution is -2.31. The van der Waals surface area contributed by atoms with Gasteiger partial charge in [-0.1, -0.05) is 54.1 Å². The molecule has 3 rings (SSSR count). The number of hydrogen-bond acceptors (Lipinski definition) is 3. The predicted octanol–water partition coefficient (Wildman–Crippen LogP) is 3.01. The van der Waals surface area contributed by atoms with E-state index < -0.39 is 0 Å². The Bertz CT molecular complexity index is 807. The molecule has 0 saturated heterocycles. The smallest absolute Gasteiger partial charge is 0.242 e. The van der Waals surface area contributed by atoms with Crippen LogP contribution >= 0.6 is 0 Å². The summed E-state index contributed by atoms with van der Waals surface area (Å²) < 4.78 is 1.63. The molecule has 1 atom stereocenters. The van der Waals surface area contributed by atoms with Gasteiger partial charge in [0.2, 0.25) is 5.91 Å². The quantitative estimate of drug-likeness (QED) is 0.788. The first-order valence-electron chi connectivity index (χ1n) is 7.81. The monoisotopic (exact) mass is 308 g/mol. The first-order valence-corrected chi connectivity index (χ1v) is 7.81. The van der Waals surface area contributed by atoms with Crippen molar-refractivity contribution in [1.82, 2.24) is 20.3 Å². The topological polar surface area (TPSA) is 59.8 Å². The van der Waals surface area contributed by atoms with Crippen LogP contribution in [-0.2, 0) is 11.3 Å². The number of hydrogen-bond donors (Lipinski definition) is 1. The molecule has 5 nitrogen and oxygen atoms in total. The highest BCUT2D eigenvalue weighted by molar-refractivity contribution is 5.80. The molecule has 0 saturated carbocycles. The molecule has 23 heavy (non-hydrogen) atoms. The maximum Gasteiger partial charge on any atom is 0.242 e. The van der Waals surface area contributed by atoms with E-state index in [2.05, 4.69) is 53.7 Å². The molecule has 0 aliphatic heterocycles. The molecule has 1 heterocycles. The number of fused-ring (bicyclic) bond motifs is 1. The number of amides is 1. The highest BCUT2D eigenvalue weighted by atomic mass is 16.2. The minimum Gasteiger partial charge on any atom is -0.348 e. The Morgan fingerprint density at radius 3 is 2.65 bits per heavy atom. The number of para-hydroxylation sites is 1. The number of aryl methyl sites for hydroxylation is 1. The standard InChI is InChI=1S/C18H20N4O/c1-3-15(14-10-8-13(2)9-11-14)19-18(23)12-22-17-7-5-4-6-16(17)20-21-22/h4-11,15H,3,12H2,1-2H3,(H,19,23). The average Bonchev–Trinajstić information content (AvgIpc) is 2.97. The van der Waals surface area contributed by atoms with Crippen LogP contribution in [0.25, 0.3) is 11.0 Å². The van der Waals surface area contributed by atoms with Gasteiger partial charge in [-0.15, -0.1) is 5.10 Å². The first kappa shape index (κ1) is 15.2. The number of carbonyl (C=O) groups excluding carboxylic acids is 1. The SMILES string of the molecule is CCC(NC(=O)Cn1nnc2ccccc21)c1ccc(C)cc1. The van der Waals surface area contributed by atoms with Gasteiger partial charge in [-0.05, 0) is 31.0 Å². The second kappa shape index (κ2) is 6.60. The molecule has 2 aromatic carbocycles. The summed E-state index contributed by atoms with van der Waals surface area (Å²) >= 11 is 0. The molecule has 1 amide bonds. The van der Waals surface area contributed by atoms with Gasteiger partial charge in [-0.2, -0.15) is 0 Å². The lowest BCUT2D eigenvalue weighted by molar-refractivity contribution is -0.122. The molecule has 0 aliphatic carbocycles. The van der Waals surface area contributed by atoms with Crippen LogP contribution in [0.15, 0.2) is 48.5 Å². The van der Waals surface area contributed by atoms with Crippen LogP contribution in [-0.4, -0.2) is 20.9 Å². The Hall–Kier alpha value is -2.69. The molecule has 118 valence electrons. The lowest BCUT2D eigenvalue weighted by atomic mass is 10.0. The van der Waals surface area contributed by atoms with Crippen LogP contribution in [0.5, 0.6) is 0 Å². The predicted molar refractivity (Wildman–Crippen MR) is 89.9 cm³/mol. The molecule has 5 heteroatoms. The number of carbonyl (C=O) groups is 1. The van der Waals surface area contributed by atoms with Gasteiger partial charge in [0.1, 0.15) is 12.1 Å². The van der Waals surface area contributed by atoms with Crippen molar-refractivity contribution in [3.8, 4) is 0 Å². The van der Waals surface area contributed by atoms with Gasteiger partial charge < -0.3 is 5.32 Å². The van der Waals surface area contributed by atoms with E-state index in [1.165, 1.54) is 5.56 Å². The molecule has 1 unspecified atom stereocenters. The highest BCUT2D eigenvalue weighted by Gasteiger charge is 2.14. The maximum atomic E-state index is 12.4. The molecular weight excluding hydrogens is 288 g/mol. The summed E-state index contributed by atoms with van der Waals surface area (Å²) in [4.78, 5) is 12.4. The highest BCUT2D eigenvalue weighted by Crippen LogP contribution is 2.17. The van der Waals surface area contributed by atoms with Gasteiger partial charge in [0, 0.05) is 0 Å². The fraction of sp³-hybridized carbons (Fsp3) is 0.278. The number of rotatable bonds is 5. The molecular formula is C18H20N4O. The fourth-order valence-corrected chi connectivity index (χ4v) is 2.63. The van der Waals surface area contributed by atoms with Crippen molar-refractivity contribution < 1.29 is 4.79 Å². The molecule has 3 aromatic rings. The third-order valence-corrected chi connectivity index (χ3v) is 3.94. The molecule has 0 aliphatic rings. The summed E-state index contributed by atoms with van der Waals surface area (Å²) in [6.07, 6.45) is 0.840. The van der Waals surface area contributed by atoms with Gasteiger partial charge >= 0.3 is 0 Å². The summed E-state index contributed by atoms with van der Waals surface area (Å²) in [5.74, 6) is -0.0620. The van der Waals surface area contributed by atoms with Crippen LogP contribution in [0.2, 0.25) is 0 Å². The average molecular weight is 308 g/mol. The van der Waals surface area contributed by atoms with Gasteiger partial charge in [-0.3, -0.25) is 4.79 Å². The third kappa shape index (κ3) is 3.39. The summed E-state index contributed by atoms with van der Waals surface area (Å²) in [6, 6.07) is 15.9. The zero-order valence-electron chi connectivity index (χ0n) is 13.4. The van der Waals surface area contributed by atoms with Crippen molar-refractivity contribution >= 4 is 16.9 Å². The van der Waals surface area contributed by atoms with E-state index in [0.717, 1.165) is 23.0 Å². The summed E-state index contributed by atoms with van der Waals surface area (Å²) in [7, 11) is 0. The number of aromatic nitrogens is 3. The summed E-state index contributed by atoms with van der Waals surface area (Å²) in [5.41, 5.74) is 4.00. The second-order valence-electron chi connectivity index (χ2n) is 5.67. The molecule has 1 aromatic heterocycles. The zero-order chi connectivity index (χ0) is 16.2. The van der Waals surface area contributed by atoms with Crippen LogP contribution in [0, 0.1) is 6.92 Å². The van der Waals surface area contributed by atoms with E-state index in [1.807, 2.05) is 24.3 Å². The van der Waals surface area contributed by atoms with Crippen molar-refractivity contribution in [3.05, 3.63) is 59.7 Å². The van der Waals surface area contributed by atoms with Crippen LogP contribution in [0.1, 0.15) is 30.5 Å². The Labute approximate surface area is 135 Å². The fourth-order valence-electron chi connectivity index (χ4n) is 2.63. The van der Waals surface area contributed by atoms with Crippen LogP contribution in [0.3, 0.4) is 0 Å². The Kier molecular flexibility index (Phi) is 4.37. The molecule has 0 fully saturated rings. The number of nitrogens with one attached hydrogen (secondary N) is 1. The van der Waals surface area contributed by atoms with Gasteiger partial charge in [0.25, 0.3) is 0 Å². The van der Waals surface area contributed by atoms with Crippen molar-refractivity contribution in [3.63, 3.8) is 0 Å². The molecule has 1 N–H and O–H groups in total. The molecule has 0 bridgehead atoms. The van der Waals surface area contributed by atoms with Crippen molar-refractivity contribution in [2.45, 2.75) is 32.9 Å². The van der Waals surface area contributed by atoms with E-state index in [1.54, 1.807) is 4.68 Å². The van der Waals surface area contributed by atoms with E-state index in [0.29, 0.717) is 0 Å². The van der Waals surface area contributed by atoms with E-state index >= 15 is 0 Å². The first-order chi connectivity index (χ1) is 11.2. The van der Waals surface area contributed by atoms with Gasteiger partial charge in [0.05, 0.1) is 11.6 Å². The van der Waals surface area contributed by atoms with Crippen LogP contribution in [0.4, 0.5) is 0 Å².